The van der Waals surface area contributed by atoms with Gasteiger partial charge in [0.1, 0.15) is 5.60 Å². The molecular formula is C17H20ClNOS. The molecule has 0 aliphatic rings. The largest absolute Gasteiger partial charge is 0.384 e. The molecule has 0 aliphatic carbocycles. The molecule has 112 valence electrons. The molecule has 2 aromatic rings. The second kappa shape index (κ2) is 7.30. The summed E-state index contributed by atoms with van der Waals surface area (Å²) < 4.78 is 0. The average molecular weight is 322 g/mol. The minimum Gasteiger partial charge on any atom is -0.384 e. The van der Waals surface area contributed by atoms with Crippen molar-refractivity contribution in [3.8, 4) is 0 Å². The smallest absolute Gasteiger partial charge is 0.101 e. The van der Waals surface area contributed by atoms with Gasteiger partial charge in [0.15, 0.2) is 0 Å². The van der Waals surface area contributed by atoms with Crippen molar-refractivity contribution in [3.05, 3.63) is 59.4 Å². The topological polar surface area (TPSA) is 33.1 Å². The van der Waals surface area contributed by atoms with E-state index < -0.39 is 5.60 Å². The molecule has 0 amide bonds. The van der Waals surface area contributed by atoms with Gasteiger partial charge in [-0.05, 0) is 42.7 Å². The Morgan fingerprint density at radius 3 is 2.52 bits per heavy atom. The second-order valence-electron chi connectivity index (χ2n) is 5.61. The maximum absolute atomic E-state index is 11.1. The average Bonchev–Trinajstić information content (AvgIpc) is 2.47. The van der Waals surface area contributed by atoms with E-state index in [1.54, 1.807) is 24.2 Å². The van der Waals surface area contributed by atoms with Gasteiger partial charge in [-0.3, -0.25) is 4.98 Å². The van der Waals surface area contributed by atoms with E-state index in [1.807, 2.05) is 36.4 Å². The molecule has 0 aliphatic heterocycles. The van der Waals surface area contributed by atoms with Gasteiger partial charge >= 0.3 is 0 Å². The van der Waals surface area contributed by atoms with E-state index in [2.05, 4.69) is 18.8 Å². The molecule has 0 fully saturated rings. The van der Waals surface area contributed by atoms with E-state index in [4.69, 9.17) is 11.6 Å². The van der Waals surface area contributed by atoms with Gasteiger partial charge in [-0.15, -0.1) is 11.8 Å². The Balaban J connectivity index is 2.15. The van der Waals surface area contributed by atoms with Gasteiger partial charge in [0.05, 0.1) is 0 Å². The van der Waals surface area contributed by atoms with Crippen LogP contribution in [0.5, 0.6) is 0 Å². The van der Waals surface area contributed by atoms with Gasteiger partial charge in [0.2, 0.25) is 0 Å². The van der Waals surface area contributed by atoms with Crippen LogP contribution in [0.2, 0.25) is 5.02 Å². The van der Waals surface area contributed by atoms with Crippen LogP contribution in [0.3, 0.4) is 0 Å². The number of nitrogens with zero attached hydrogens (tertiary/aromatic N) is 1. The Morgan fingerprint density at radius 2 is 1.95 bits per heavy atom. The van der Waals surface area contributed by atoms with Crippen molar-refractivity contribution in [1.82, 2.24) is 4.98 Å². The van der Waals surface area contributed by atoms with Gasteiger partial charge in [-0.25, -0.2) is 0 Å². The first kappa shape index (κ1) is 16.3. The number of rotatable bonds is 6. The summed E-state index contributed by atoms with van der Waals surface area (Å²) in [5, 5.41) is 11.8. The van der Waals surface area contributed by atoms with E-state index in [0.717, 1.165) is 15.5 Å². The van der Waals surface area contributed by atoms with Crippen molar-refractivity contribution in [1.29, 1.82) is 0 Å². The third kappa shape index (κ3) is 4.73. The van der Waals surface area contributed by atoms with Gasteiger partial charge in [0, 0.05) is 33.6 Å². The third-order valence-electron chi connectivity index (χ3n) is 3.24. The summed E-state index contributed by atoms with van der Waals surface area (Å²) >= 11 is 7.54. The summed E-state index contributed by atoms with van der Waals surface area (Å²) in [6, 6.07) is 11.5. The molecule has 2 nitrogen and oxygen atoms in total. The molecule has 0 saturated carbocycles. The first-order valence-electron chi connectivity index (χ1n) is 7.01. The van der Waals surface area contributed by atoms with E-state index in [-0.39, 0.29) is 0 Å². The van der Waals surface area contributed by atoms with Crippen LogP contribution in [0.25, 0.3) is 0 Å². The maximum atomic E-state index is 11.1. The van der Waals surface area contributed by atoms with Crippen LogP contribution in [0.1, 0.15) is 25.8 Å². The number of benzene rings is 1. The number of halogens is 1. The van der Waals surface area contributed by atoms with E-state index in [0.29, 0.717) is 18.1 Å². The zero-order chi connectivity index (χ0) is 15.3. The summed E-state index contributed by atoms with van der Waals surface area (Å²) in [7, 11) is 0. The highest BCUT2D eigenvalue weighted by molar-refractivity contribution is 7.99. The number of thioether (sulfide) groups is 1. The predicted molar refractivity (Wildman–Crippen MR) is 89.8 cm³/mol. The SMILES string of the molecule is CC(C)CC(O)(CSc1ccc(Cl)cc1)c1cccnc1. The molecule has 0 bridgehead atoms. The number of aromatic nitrogens is 1. The van der Waals surface area contributed by atoms with E-state index in [9.17, 15) is 5.11 Å². The Morgan fingerprint density at radius 1 is 1.24 bits per heavy atom. The molecule has 21 heavy (non-hydrogen) atoms. The zero-order valence-electron chi connectivity index (χ0n) is 12.3. The van der Waals surface area contributed by atoms with Crippen LogP contribution >= 0.6 is 23.4 Å². The molecular weight excluding hydrogens is 302 g/mol. The lowest BCUT2D eigenvalue weighted by Crippen LogP contribution is -2.30. The second-order valence-corrected chi connectivity index (χ2v) is 7.10. The standard InChI is InChI=1S/C17H20ClNOS/c1-13(2)10-17(20,14-4-3-9-19-11-14)12-21-16-7-5-15(18)6-8-16/h3-9,11,13,20H,10,12H2,1-2H3. The summed E-state index contributed by atoms with van der Waals surface area (Å²) in [4.78, 5) is 5.24. The number of aliphatic hydroxyl groups is 1. The van der Waals surface area contributed by atoms with E-state index >= 15 is 0 Å². The van der Waals surface area contributed by atoms with Crippen LogP contribution in [0.4, 0.5) is 0 Å². The van der Waals surface area contributed by atoms with E-state index in [1.165, 1.54) is 0 Å². The van der Waals surface area contributed by atoms with Crippen LogP contribution in [0, 0.1) is 5.92 Å². The minimum atomic E-state index is -0.868. The van der Waals surface area contributed by atoms with Crippen LogP contribution in [0.15, 0.2) is 53.7 Å². The highest BCUT2D eigenvalue weighted by Crippen LogP contribution is 2.34. The Kier molecular flexibility index (Phi) is 5.68. The van der Waals surface area contributed by atoms with Crippen LogP contribution in [-0.4, -0.2) is 15.8 Å². The number of hydrogen-bond donors (Lipinski definition) is 1. The van der Waals surface area contributed by atoms with Crippen molar-refractivity contribution in [2.45, 2.75) is 30.8 Å². The highest BCUT2D eigenvalue weighted by atomic mass is 35.5. The first-order chi connectivity index (χ1) is 9.99. The molecule has 1 aromatic heterocycles. The Bertz CT molecular complexity index is 559. The van der Waals surface area contributed by atoms with Crippen molar-refractivity contribution in [2.75, 3.05) is 5.75 Å². The monoisotopic (exact) mass is 321 g/mol. The molecule has 4 heteroatoms. The lowest BCUT2D eigenvalue weighted by Gasteiger charge is -2.30. The summed E-state index contributed by atoms with van der Waals surface area (Å²) in [6.07, 6.45) is 4.19. The van der Waals surface area contributed by atoms with Gasteiger partial charge in [-0.1, -0.05) is 31.5 Å². The molecule has 0 saturated heterocycles. The first-order valence-corrected chi connectivity index (χ1v) is 8.37. The van der Waals surface area contributed by atoms with Crippen LogP contribution < -0.4 is 0 Å². The molecule has 0 radical (unpaired) electrons. The molecule has 1 unspecified atom stereocenters. The Hall–Kier alpha value is -1.03. The van der Waals surface area contributed by atoms with Crippen molar-refractivity contribution < 1.29 is 5.11 Å². The number of hydrogen-bond acceptors (Lipinski definition) is 3. The fourth-order valence-corrected chi connectivity index (χ4v) is 3.45. The molecule has 0 spiro atoms. The van der Waals surface area contributed by atoms with Gasteiger partial charge in [0.25, 0.3) is 0 Å². The minimum absolute atomic E-state index is 0.404. The Labute approximate surface area is 135 Å². The maximum Gasteiger partial charge on any atom is 0.101 e. The number of pyridine rings is 1. The summed E-state index contributed by atoms with van der Waals surface area (Å²) in [6.45, 7) is 4.24. The summed E-state index contributed by atoms with van der Waals surface area (Å²) in [5.74, 6) is 0.999. The quantitative estimate of drug-likeness (QED) is 0.779. The highest BCUT2D eigenvalue weighted by Gasteiger charge is 2.30. The molecule has 1 atom stereocenters. The van der Waals surface area contributed by atoms with Gasteiger partial charge in [-0.2, -0.15) is 0 Å². The lowest BCUT2D eigenvalue weighted by atomic mass is 9.88. The van der Waals surface area contributed by atoms with Crippen molar-refractivity contribution in [3.63, 3.8) is 0 Å². The van der Waals surface area contributed by atoms with Crippen molar-refractivity contribution in [2.24, 2.45) is 5.92 Å². The van der Waals surface area contributed by atoms with Crippen molar-refractivity contribution >= 4 is 23.4 Å². The van der Waals surface area contributed by atoms with Crippen LogP contribution in [-0.2, 0) is 5.60 Å². The summed E-state index contributed by atoms with van der Waals surface area (Å²) in [5.41, 5.74) is 0.00683. The fourth-order valence-electron chi connectivity index (χ4n) is 2.31. The normalized spacial score (nSPS) is 14.1. The third-order valence-corrected chi connectivity index (χ3v) is 4.72. The van der Waals surface area contributed by atoms with Gasteiger partial charge < -0.3 is 5.11 Å². The lowest BCUT2D eigenvalue weighted by molar-refractivity contribution is 0.0396. The molecule has 1 aromatic carbocycles. The molecule has 2 rings (SSSR count). The zero-order valence-corrected chi connectivity index (χ0v) is 13.9. The molecule has 1 heterocycles. The predicted octanol–water partition coefficient (Wildman–Crippen LogP) is 4.76. The molecule has 1 N–H and O–H groups in total. The fraction of sp³-hybridized carbons (Fsp3) is 0.353.